The first-order valence-electron chi connectivity index (χ1n) is 27.9. The number of halogens is 1. The predicted octanol–water partition coefficient (Wildman–Crippen LogP) is 17.4. The molecule has 0 bridgehead atoms. The Morgan fingerprint density at radius 3 is 1.62 bits per heavy atom. The molecule has 3 aromatic rings. The van der Waals surface area contributed by atoms with Crippen LogP contribution in [0.2, 0.25) is 31.4 Å². The van der Waals surface area contributed by atoms with Gasteiger partial charge in [0.15, 0.2) is 8.32 Å². The van der Waals surface area contributed by atoms with Crippen LogP contribution in [0.25, 0.3) is 0 Å². The molecule has 0 aromatic heterocycles. The van der Waals surface area contributed by atoms with E-state index in [1.165, 1.54) is 57.4 Å². The minimum atomic E-state index is -2.85. The molecule has 0 amide bonds. The van der Waals surface area contributed by atoms with Crippen molar-refractivity contribution in [2.75, 3.05) is 35.0 Å². The van der Waals surface area contributed by atoms with Crippen LogP contribution in [0.3, 0.4) is 0 Å². The molecule has 0 aliphatic heterocycles. The Kier molecular flexibility index (Phi) is 30.1. The summed E-state index contributed by atoms with van der Waals surface area (Å²) in [7, 11) is 4.69. The van der Waals surface area contributed by atoms with E-state index < -0.39 is 50.5 Å². The van der Waals surface area contributed by atoms with Gasteiger partial charge in [-0.25, -0.2) is 0 Å². The molecule has 0 aliphatic rings. The molecule has 0 saturated heterocycles. The first-order valence-corrected chi connectivity index (χ1v) is 39.3. The third-order valence-electron chi connectivity index (χ3n) is 15.4. The molecule has 0 radical (unpaired) electrons. The molecule has 8 nitrogen and oxygen atoms in total. The van der Waals surface area contributed by atoms with Crippen molar-refractivity contribution in [3.05, 3.63) is 139 Å². The fourth-order valence-electron chi connectivity index (χ4n) is 10.6. The first-order chi connectivity index (χ1) is 35.6. The van der Waals surface area contributed by atoms with Crippen molar-refractivity contribution in [1.29, 1.82) is 0 Å². The van der Waals surface area contributed by atoms with Gasteiger partial charge in [-0.15, -0.1) is 0 Å². The fraction of sp³-hybridized carbons (Fsp3) is 0.571. The summed E-state index contributed by atoms with van der Waals surface area (Å²) in [6.45, 7) is 24.9. The molecule has 74 heavy (non-hydrogen) atoms. The molecule has 0 N–H and O–H groups in total. The van der Waals surface area contributed by atoms with Crippen LogP contribution in [0.4, 0.5) is 0 Å². The van der Waals surface area contributed by atoms with Gasteiger partial charge in [0, 0.05) is 0 Å². The average Bonchev–Trinajstić information content (AvgIpc) is 3.43. The molecule has 0 spiro atoms. The summed E-state index contributed by atoms with van der Waals surface area (Å²) in [6.07, 6.45) is 13.3. The first kappa shape index (κ1) is 65.4. The fourth-order valence-corrected chi connectivity index (χ4v) is 28.2. The average molecular weight is 1260 g/mol. The number of rotatable bonds is 36. The van der Waals surface area contributed by atoms with Gasteiger partial charge in [0.1, 0.15) is 0 Å². The van der Waals surface area contributed by atoms with Crippen LogP contribution >= 0.6 is 22.6 Å². The van der Waals surface area contributed by atoms with Crippen molar-refractivity contribution < 1.29 is 37.6 Å². The normalized spacial score (nSPS) is 15.6. The number of allylic oxidation sites excluding steroid dienone is 3. The SMILES string of the molecule is CCC[CH2][Sn](/[CH]=C/[C@H](OC)[C@H](OC(=O)/C(=C/C(C)=C/[C@@H](C)[C@@H](O[Si](CC)(CC)CC)[C@@H](C)C/C(C)=C\I)OC)[C@@H](C)COC(c1ccccc1)(c1ccc(OC)cc1)c1ccc(OC)cc1)([CH2]CCC)[CH2]CCC. The second-order valence-corrected chi connectivity index (χ2v) is 39.2. The summed E-state index contributed by atoms with van der Waals surface area (Å²) in [4.78, 5) is 14.8. The van der Waals surface area contributed by atoms with E-state index in [2.05, 4.69) is 149 Å². The third kappa shape index (κ3) is 18.9. The van der Waals surface area contributed by atoms with E-state index in [9.17, 15) is 4.79 Å². The zero-order chi connectivity index (χ0) is 54.7. The quantitative estimate of drug-likeness (QED) is 0.0108. The van der Waals surface area contributed by atoms with E-state index >= 15 is 0 Å². The Hall–Kier alpha value is -2.88. The van der Waals surface area contributed by atoms with Crippen molar-refractivity contribution in [3.8, 4) is 11.5 Å². The summed E-state index contributed by atoms with van der Waals surface area (Å²) in [5.74, 6) is 1.12. The molecule has 0 heterocycles. The van der Waals surface area contributed by atoms with Gasteiger partial charge in [-0.3, -0.25) is 0 Å². The summed E-state index contributed by atoms with van der Waals surface area (Å²) in [5, 5.41) is 0. The Morgan fingerprint density at radius 2 is 1.19 bits per heavy atom. The standard InChI is InChI=1S/C51H70IO8Si.3C4H9.Sn/c1-14-46(56-12)49(59-50(53)47(57-13)33-36(5)31-38(7)48(39(8)32-37(6)34-52)60-61(15-2,16-3)17-4)40(9)35-58-51(41-21-19-18-20-22-41,42-23-27-44(54-10)28-24-42)43-25-29-45(55-11)30-26-43;3*1-3-4-2;/h1,14,18-31,33-34,38-40,46,48-49H,15-17,32,35H2,2-13H3;3*1,3-4H2,2H3;/b14-1?,36-31+,37-34-,47-33-;;;;/t38-,39+,40+,46+,48-,49-;;;;/m1..../s1. The van der Waals surface area contributed by atoms with Gasteiger partial charge in [0.2, 0.25) is 0 Å². The number of hydrogen-bond donors (Lipinski definition) is 0. The Bertz CT molecular complexity index is 2090. The number of ether oxygens (including phenoxy) is 6. The molecule has 3 aromatic carbocycles. The Labute approximate surface area is 469 Å². The minimum absolute atomic E-state index is 0.0249. The number of hydrogen-bond acceptors (Lipinski definition) is 8. The van der Waals surface area contributed by atoms with Crippen LogP contribution in [0.1, 0.15) is 138 Å². The second-order valence-electron chi connectivity index (χ2n) is 20.8. The van der Waals surface area contributed by atoms with E-state index in [1.807, 2.05) is 55.5 Å². The molecule has 3 rings (SSSR count). The van der Waals surface area contributed by atoms with E-state index in [0.717, 1.165) is 58.3 Å². The molecule has 6 atom stereocenters. The van der Waals surface area contributed by atoms with Crippen molar-refractivity contribution in [3.63, 3.8) is 0 Å². The number of carbonyl (C=O) groups excluding carboxylic acids is 1. The van der Waals surface area contributed by atoms with Crippen LogP contribution in [0, 0.1) is 17.8 Å². The number of benzene rings is 3. The topological polar surface area (TPSA) is 81.7 Å². The van der Waals surface area contributed by atoms with Crippen molar-refractivity contribution >= 4 is 55.3 Å². The molecule has 0 unspecified atom stereocenters. The van der Waals surface area contributed by atoms with Gasteiger partial charge in [-0.05, 0) is 41.5 Å². The molecule has 11 heteroatoms. The van der Waals surface area contributed by atoms with Crippen LogP contribution in [-0.4, -0.2) is 86.0 Å². The maximum absolute atomic E-state index is 14.8. The van der Waals surface area contributed by atoms with Gasteiger partial charge in [-0.2, -0.15) is 0 Å². The number of unbranched alkanes of at least 4 members (excludes halogenated alkanes) is 3. The third-order valence-corrected chi connectivity index (χ3v) is 35.2. The monoisotopic (exact) mass is 1260 g/mol. The van der Waals surface area contributed by atoms with Gasteiger partial charge in [0.05, 0.1) is 14.2 Å². The molecule has 0 fully saturated rings. The van der Waals surface area contributed by atoms with E-state index in [4.69, 9.17) is 32.8 Å². The predicted molar refractivity (Wildman–Crippen MR) is 324 cm³/mol. The van der Waals surface area contributed by atoms with Gasteiger partial charge < -0.3 is 13.9 Å². The van der Waals surface area contributed by atoms with Crippen LogP contribution in [-0.2, 0) is 33.8 Å². The molecule has 0 saturated carbocycles. The molecular weight excluding hydrogens is 1160 g/mol. The van der Waals surface area contributed by atoms with Gasteiger partial charge in [-0.1, -0.05) is 55.9 Å². The van der Waals surface area contributed by atoms with Gasteiger partial charge >= 0.3 is 339 Å². The molecular formula is C63H97IO8SiSn. The van der Waals surface area contributed by atoms with Crippen LogP contribution in [0.5, 0.6) is 11.5 Å². The Morgan fingerprint density at radius 1 is 0.689 bits per heavy atom. The zero-order valence-corrected chi connectivity index (χ0v) is 54.4. The van der Waals surface area contributed by atoms with E-state index in [1.54, 1.807) is 28.4 Å². The van der Waals surface area contributed by atoms with Crippen molar-refractivity contribution in [2.24, 2.45) is 17.8 Å². The van der Waals surface area contributed by atoms with E-state index in [0.29, 0.717) is 5.92 Å². The van der Waals surface area contributed by atoms with Crippen LogP contribution < -0.4 is 9.47 Å². The number of methoxy groups -OCH3 is 4. The maximum atomic E-state index is 14.8. The number of esters is 1. The molecule has 0 aliphatic carbocycles. The van der Waals surface area contributed by atoms with Crippen molar-refractivity contribution in [1.82, 2.24) is 0 Å². The Balaban J connectivity index is 2.24. The number of carbonyl (C=O) groups is 1. The van der Waals surface area contributed by atoms with E-state index in [-0.39, 0.29) is 30.3 Å². The second kappa shape index (κ2) is 34.1. The van der Waals surface area contributed by atoms with Crippen LogP contribution in [0.15, 0.2) is 122 Å². The molecule has 412 valence electrons. The van der Waals surface area contributed by atoms with Crippen molar-refractivity contribution in [2.45, 2.75) is 176 Å². The summed E-state index contributed by atoms with van der Waals surface area (Å²) in [5.41, 5.74) is 3.99. The summed E-state index contributed by atoms with van der Waals surface area (Å²) >= 11 is -0.501. The summed E-state index contributed by atoms with van der Waals surface area (Å²) in [6, 6.07) is 29.7. The zero-order valence-electron chi connectivity index (χ0n) is 48.4. The summed E-state index contributed by atoms with van der Waals surface area (Å²) < 4.78 is 54.0. The van der Waals surface area contributed by atoms with Gasteiger partial charge in [0.25, 0.3) is 0 Å².